The number of aromatic amines is 1. The van der Waals surface area contributed by atoms with E-state index in [-0.39, 0.29) is 7.33 Å². The molecular weight excluding hydrogens is 332 g/mol. The number of nitrogens with one attached hydrogen (secondary N) is 1. The van der Waals surface area contributed by atoms with E-state index in [1.54, 1.807) is 12.3 Å². The molecule has 3 aromatic rings. The molecule has 0 radical (unpaired) electrons. The molecule has 130 valence electrons. The van der Waals surface area contributed by atoms with Crippen molar-refractivity contribution in [1.29, 1.82) is 0 Å². The zero-order valence-corrected chi connectivity index (χ0v) is 14.8. The topological polar surface area (TPSA) is 61.9 Å². The molecule has 0 aromatic carbocycles. The highest BCUT2D eigenvalue weighted by atomic mass is 32.1. The van der Waals surface area contributed by atoms with Gasteiger partial charge in [-0.3, -0.25) is 4.79 Å². The van der Waals surface area contributed by atoms with Crippen LogP contribution in [0.4, 0.5) is 0 Å². The van der Waals surface area contributed by atoms with E-state index in [9.17, 15) is 4.79 Å². The summed E-state index contributed by atoms with van der Waals surface area (Å²) < 4.78 is 0. The Bertz CT molecular complexity index is 913. The maximum absolute atomic E-state index is 13.0. The predicted octanol–water partition coefficient (Wildman–Crippen LogP) is 4.50. The first-order valence-electron chi connectivity index (χ1n) is 8.58. The summed E-state index contributed by atoms with van der Waals surface area (Å²) >= 11 is 1.50. The van der Waals surface area contributed by atoms with Crippen molar-refractivity contribution in [2.45, 2.75) is 31.7 Å². The van der Waals surface area contributed by atoms with E-state index >= 15 is 0 Å². The Hall–Kier alpha value is -2.47. The summed E-state index contributed by atoms with van der Waals surface area (Å²) in [5.74, 6) is 0.00803. The van der Waals surface area contributed by atoms with E-state index in [1.165, 1.54) is 24.2 Å². The molecule has 3 aromatic heterocycles. The second-order valence-electron chi connectivity index (χ2n) is 6.32. The molecule has 4 rings (SSSR count). The third-order valence-electron chi connectivity index (χ3n) is 4.77. The highest BCUT2D eigenvalue weighted by Gasteiger charge is 2.28. The van der Waals surface area contributed by atoms with Gasteiger partial charge in [0.05, 0.1) is 0 Å². The van der Waals surface area contributed by atoms with Crippen LogP contribution in [0.15, 0.2) is 42.6 Å². The Labute approximate surface area is 151 Å². The summed E-state index contributed by atoms with van der Waals surface area (Å²) in [6, 6.07) is 4.25. The number of pyridine rings is 1. The summed E-state index contributed by atoms with van der Waals surface area (Å²) in [4.78, 5) is 27.0. The van der Waals surface area contributed by atoms with Crippen LogP contribution >= 0.6 is 11.3 Å². The SMILES string of the molecule is C=CCN(C(=O)c1csc(-c2ccnc3[nH]ccc23)n1)C1CCCC1.[HH]. The molecule has 1 aliphatic rings. The molecule has 5 nitrogen and oxygen atoms in total. The second-order valence-corrected chi connectivity index (χ2v) is 7.18. The number of nitrogens with zero attached hydrogens (tertiary/aromatic N) is 3. The minimum Gasteiger partial charge on any atom is -0.346 e. The Morgan fingerprint density at radius 3 is 3.08 bits per heavy atom. The second kappa shape index (κ2) is 6.80. The monoisotopic (exact) mass is 354 g/mol. The lowest BCUT2D eigenvalue weighted by Gasteiger charge is -2.27. The van der Waals surface area contributed by atoms with Crippen LogP contribution in [0.3, 0.4) is 0 Å². The molecule has 0 bridgehead atoms. The quantitative estimate of drug-likeness (QED) is 0.686. The number of thiazole rings is 1. The van der Waals surface area contributed by atoms with Crippen molar-refractivity contribution in [3.8, 4) is 10.6 Å². The molecule has 0 spiro atoms. The molecule has 1 amide bonds. The van der Waals surface area contributed by atoms with Gasteiger partial charge in [-0.25, -0.2) is 9.97 Å². The number of carbonyl (C=O) groups is 1. The average Bonchev–Trinajstić information content (AvgIpc) is 3.39. The van der Waals surface area contributed by atoms with Gasteiger partial charge >= 0.3 is 0 Å². The largest absolute Gasteiger partial charge is 0.346 e. The van der Waals surface area contributed by atoms with Gasteiger partial charge < -0.3 is 9.88 Å². The number of hydrogen-bond acceptors (Lipinski definition) is 4. The molecule has 1 aliphatic carbocycles. The standard InChI is InChI=1S/C19H20N4OS.H2/c1-2-11-23(13-5-3-4-6-13)19(24)16-12-25-18(22-16)15-8-10-21-17-14(15)7-9-20-17;/h2,7-10,12-13H,1,3-6,11H2,(H,20,21);1H. The Balaban J connectivity index is 0.00000196. The fraction of sp³-hybridized carbons (Fsp3) is 0.316. The molecule has 1 fully saturated rings. The summed E-state index contributed by atoms with van der Waals surface area (Å²) in [5, 5.41) is 3.73. The van der Waals surface area contributed by atoms with Gasteiger partial charge in [-0.2, -0.15) is 0 Å². The summed E-state index contributed by atoms with van der Waals surface area (Å²) in [5.41, 5.74) is 2.36. The van der Waals surface area contributed by atoms with Crippen LogP contribution in [0.1, 0.15) is 37.6 Å². The molecule has 0 saturated heterocycles. The van der Waals surface area contributed by atoms with E-state index in [1.807, 2.05) is 28.6 Å². The molecule has 1 saturated carbocycles. The van der Waals surface area contributed by atoms with Crippen molar-refractivity contribution in [3.63, 3.8) is 0 Å². The van der Waals surface area contributed by atoms with Crippen LogP contribution in [0.25, 0.3) is 21.6 Å². The van der Waals surface area contributed by atoms with E-state index in [0.29, 0.717) is 18.3 Å². The number of aromatic nitrogens is 3. The van der Waals surface area contributed by atoms with Crippen molar-refractivity contribution in [1.82, 2.24) is 19.9 Å². The van der Waals surface area contributed by atoms with Gasteiger partial charge in [-0.05, 0) is 25.0 Å². The maximum Gasteiger partial charge on any atom is 0.273 e. The van der Waals surface area contributed by atoms with E-state index in [2.05, 4.69) is 21.5 Å². The summed E-state index contributed by atoms with van der Waals surface area (Å²) in [6.07, 6.45) is 9.96. The number of rotatable bonds is 5. The van der Waals surface area contributed by atoms with Crippen molar-refractivity contribution < 1.29 is 6.22 Å². The molecule has 0 unspecified atom stereocenters. The minimum absolute atomic E-state index is 0. The Morgan fingerprint density at radius 1 is 1.44 bits per heavy atom. The molecule has 1 N–H and O–H groups in total. The third kappa shape index (κ3) is 2.98. The smallest absolute Gasteiger partial charge is 0.273 e. The van der Waals surface area contributed by atoms with Gasteiger partial charge in [-0.1, -0.05) is 18.9 Å². The normalized spacial score (nSPS) is 14.9. The molecule has 6 heteroatoms. The highest BCUT2D eigenvalue weighted by Crippen LogP contribution is 2.31. The van der Waals surface area contributed by atoms with Gasteiger partial charge in [0.1, 0.15) is 16.3 Å². The molecule has 25 heavy (non-hydrogen) atoms. The van der Waals surface area contributed by atoms with Gasteiger partial charge in [0.15, 0.2) is 0 Å². The zero-order valence-electron chi connectivity index (χ0n) is 13.9. The number of H-pyrrole nitrogens is 1. The maximum atomic E-state index is 13.0. The zero-order chi connectivity index (χ0) is 17.2. The predicted molar refractivity (Wildman–Crippen MR) is 103 cm³/mol. The van der Waals surface area contributed by atoms with Crippen LogP contribution in [0.2, 0.25) is 0 Å². The first-order chi connectivity index (χ1) is 12.3. The molecule has 0 atom stereocenters. The fourth-order valence-corrected chi connectivity index (χ4v) is 4.38. The van der Waals surface area contributed by atoms with Crippen LogP contribution in [-0.4, -0.2) is 38.3 Å². The van der Waals surface area contributed by atoms with Crippen molar-refractivity contribution >= 4 is 28.3 Å². The van der Waals surface area contributed by atoms with Crippen molar-refractivity contribution in [2.75, 3.05) is 6.54 Å². The number of amides is 1. The highest BCUT2D eigenvalue weighted by molar-refractivity contribution is 7.13. The minimum atomic E-state index is 0. The molecular formula is C19H22N4OS. The van der Waals surface area contributed by atoms with E-state index in [0.717, 1.165) is 34.4 Å². The lowest BCUT2D eigenvalue weighted by atomic mass is 10.2. The lowest BCUT2D eigenvalue weighted by Crippen LogP contribution is -2.39. The molecule has 0 aliphatic heterocycles. The first-order valence-corrected chi connectivity index (χ1v) is 9.46. The molecule has 3 heterocycles. The summed E-state index contributed by atoms with van der Waals surface area (Å²) in [7, 11) is 0. The Kier molecular flexibility index (Phi) is 4.36. The van der Waals surface area contributed by atoms with E-state index in [4.69, 9.17) is 0 Å². The van der Waals surface area contributed by atoms with Gasteiger partial charge in [0, 0.05) is 42.7 Å². The van der Waals surface area contributed by atoms with E-state index < -0.39 is 0 Å². The van der Waals surface area contributed by atoms with Gasteiger partial charge in [-0.15, -0.1) is 17.9 Å². The van der Waals surface area contributed by atoms with Crippen molar-refractivity contribution in [2.24, 2.45) is 0 Å². The number of carbonyl (C=O) groups excluding carboxylic acids is 1. The average molecular weight is 354 g/mol. The number of hydrogen-bond donors (Lipinski definition) is 1. The van der Waals surface area contributed by atoms with Crippen LogP contribution in [0.5, 0.6) is 0 Å². The van der Waals surface area contributed by atoms with Gasteiger partial charge in [0.2, 0.25) is 0 Å². The lowest BCUT2D eigenvalue weighted by molar-refractivity contribution is 0.0701. The fourth-order valence-electron chi connectivity index (χ4n) is 3.54. The summed E-state index contributed by atoms with van der Waals surface area (Å²) in [6.45, 7) is 4.38. The van der Waals surface area contributed by atoms with Crippen molar-refractivity contribution in [3.05, 3.63) is 48.3 Å². The Morgan fingerprint density at radius 2 is 2.28 bits per heavy atom. The van der Waals surface area contributed by atoms with Gasteiger partial charge in [0.25, 0.3) is 5.91 Å². The third-order valence-corrected chi connectivity index (χ3v) is 5.64. The van der Waals surface area contributed by atoms with Crippen LogP contribution < -0.4 is 0 Å². The number of fused-ring (bicyclic) bond motifs is 1. The van der Waals surface area contributed by atoms with Crippen LogP contribution in [-0.2, 0) is 0 Å². The first kappa shape index (κ1) is 16.0. The van der Waals surface area contributed by atoms with Crippen LogP contribution in [0, 0.1) is 0 Å².